The lowest BCUT2D eigenvalue weighted by molar-refractivity contribution is 0.591. The highest BCUT2D eigenvalue weighted by Gasteiger charge is 2.31. The van der Waals surface area contributed by atoms with Gasteiger partial charge in [-0.3, -0.25) is 0 Å². The van der Waals surface area contributed by atoms with E-state index in [0.29, 0.717) is 0 Å². The Morgan fingerprint density at radius 1 is 0.216 bits per heavy atom. The number of nitrogens with zero attached hydrogens (tertiary/aromatic N) is 4. The van der Waals surface area contributed by atoms with Crippen molar-refractivity contribution in [3.8, 4) is 45.0 Å². The highest BCUT2D eigenvalue weighted by Crippen LogP contribution is 2.44. The van der Waals surface area contributed by atoms with Gasteiger partial charge in [0.15, 0.2) is 14.3 Å². The lowest BCUT2D eigenvalue weighted by atomic mass is 10.0. The topological polar surface area (TPSA) is 85.7 Å². The second-order valence-corrected chi connectivity index (χ2v) is 24.0. The Morgan fingerprint density at radius 3 is 0.743 bits per heavy atom. The van der Waals surface area contributed by atoms with Gasteiger partial charge >= 0.3 is 0 Å². The molecule has 0 amide bonds. The summed E-state index contributed by atoms with van der Waals surface area (Å²) < 4.78 is 30.1. The third-order valence-corrected chi connectivity index (χ3v) is 20.2. The molecule has 8 heteroatoms. The Balaban J connectivity index is 0.821. The van der Waals surface area contributed by atoms with Gasteiger partial charge in [0.1, 0.15) is 0 Å². The van der Waals surface area contributed by atoms with Crippen molar-refractivity contribution in [2.45, 2.75) is 0 Å². The van der Waals surface area contributed by atoms with E-state index >= 15 is 9.13 Å². The normalized spacial score (nSPS) is 11.9. The molecule has 0 unspecified atom stereocenters. The first-order valence-corrected chi connectivity index (χ1v) is 28.0. The van der Waals surface area contributed by atoms with Crippen LogP contribution in [0.2, 0.25) is 0 Å². The van der Waals surface area contributed by atoms with Crippen LogP contribution in [0.15, 0.2) is 267 Å². The van der Waals surface area contributed by atoms with Crippen LogP contribution in [0, 0.1) is 0 Å². The van der Waals surface area contributed by atoms with Gasteiger partial charge in [0.05, 0.1) is 44.8 Å². The molecule has 0 aliphatic heterocycles. The molecule has 0 aliphatic carbocycles. The van der Waals surface area contributed by atoms with Crippen molar-refractivity contribution in [3.05, 3.63) is 267 Å². The summed E-state index contributed by atoms with van der Waals surface area (Å²) in [4.78, 5) is 21.1. The number of rotatable bonds is 10. The average Bonchev–Trinajstić information content (AvgIpc) is 3.49. The molecule has 350 valence electrons. The summed E-state index contributed by atoms with van der Waals surface area (Å²) in [5.74, 6) is 0. The fourth-order valence-electron chi connectivity index (χ4n) is 10.1. The van der Waals surface area contributed by atoms with E-state index in [0.717, 1.165) is 120 Å². The van der Waals surface area contributed by atoms with Crippen LogP contribution in [0.3, 0.4) is 0 Å². The van der Waals surface area contributed by atoms with Crippen LogP contribution < -0.4 is 31.8 Å². The molecular formula is C66H44N4O2P2. The predicted octanol–water partition coefficient (Wildman–Crippen LogP) is 13.8. The fraction of sp³-hybridized carbons (Fsp3) is 0. The van der Waals surface area contributed by atoms with Crippen molar-refractivity contribution < 1.29 is 9.13 Å². The van der Waals surface area contributed by atoms with Gasteiger partial charge in [-0.15, -0.1) is 0 Å². The van der Waals surface area contributed by atoms with Crippen LogP contribution in [-0.4, -0.2) is 19.9 Å². The van der Waals surface area contributed by atoms with E-state index in [1.165, 1.54) is 0 Å². The first-order valence-electron chi connectivity index (χ1n) is 24.6. The second-order valence-electron chi connectivity index (χ2n) is 18.4. The van der Waals surface area contributed by atoms with Crippen molar-refractivity contribution >= 4 is 89.7 Å². The lowest BCUT2D eigenvalue weighted by Crippen LogP contribution is -2.24. The van der Waals surface area contributed by atoms with Gasteiger partial charge < -0.3 is 9.13 Å². The Labute approximate surface area is 428 Å². The quantitative estimate of drug-likeness (QED) is 0.100. The van der Waals surface area contributed by atoms with Gasteiger partial charge in [0.2, 0.25) is 0 Å². The summed E-state index contributed by atoms with van der Waals surface area (Å²) in [5, 5.41) is 8.71. The number of hydrogen-bond acceptors (Lipinski definition) is 6. The molecule has 0 radical (unpaired) electrons. The third-order valence-electron chi connectivity index (χ3n) is 14.0. The average molecular weight is 987 g/mol. The first-order chi connectivity index (χ1) is 36.4. The van der Waals surface area contributed by atoms with Gasteiger partial charge in [-0.25, -0.2) is 19.9 Å². The van der Waals surface area contributed by atoms with E-state index in [-0.39, 0.29) is 0 Å². The van der Waals surface area contributed by atoms with E-state index in [1.54, 1.807) is 0 Å². The maximum atomic E-state index is 15.0. The van der Waals surface area contributed by atoms with Crippen LogP contribution in [0.4, 0.5) is 0 Å². The van der Waals surface area contributed by atoms with Gasteiger partial charge in [-0.1, -0.05) is 237 Å². The molecule has 0 N–H and O–H groups in total. The summed E-state index contributed by atoms with van der Waals surface area (Å²) in [6.07, 6.45) is 0. The molecule has 0 aliphatic rings. The zero-order valence-corrected chi connectivity index (χ0v) is 41.7. The van der Waals surface area contributed by atoms with Crippen LogP contribution >= 0.6 is 14.3 Å². The SMILES string of the molecule is O=P(c1ccccc1)(c1ccccc1)c1ccc(-c2ccc3ccc4ccc(-c5cccc(-c6ccc7ccc8ccc(-c9ccc(P(=O)(c%10ccccc%10)c%10ccccc%10)cc9)nc8c7n6)c5)nc4c3n2)cc1. The third kappa shape index (κ3) is 7.93. The molecule has 4 aromatic heterocycles. The standard InChI is InChI=1S/C66H44N4O2P2/c71-73(53-16-5-1-6-17-53,54-18-7-2-8-19-54)57-36-28-45(29-37-57)59-40-32-47-24-26-49-34-42-61(69-65(49)63(47)67-59)51-14-13-15-52(44-51)62-43-35-50-27-25-48-33-41-60(68-64(48)66(50)70-62)46-30-38-58(39-31-46)74(72,55-20-9-3-10-21-55)56-22-11-4-12-23-56/h1-44H. The Morgan fingerprint density at radius 2 is 0.459 bits per heavy atom. The molecule has 0 saturated heterocycles. The number of hydrogen-bond donors (Lipinski definition) is 0. The van der Waals surface area contributed by atoms with Gasteiger partial charge in [-0.2, -0.15) is 0 Å². The number of benzene rings is 9. The molecule has 74 heavy (non-hydrogen) atoms. The van der Waals surface area contributed by atoms with Crippen molar-refractivity contribution in [3.63, 3.8) is 0 Å². The second kappa shape index (κ2) is 18.6. The maximum absolute atomic E-state index is 15.0. The molecule has 4 heterocycles. The van der Waals surface area contributed by atoms with E-state index in [9.17, 15) is 0 Å². The molecule has 6 nitrogen and oxygen atoms in total. The van der Waals surface area contributed by atoms with Crippen molar-refractivity contribution in [1.29, 1.82) is 0 Å². The zero-order chi connectivity index (χ0) is 49.6. The Bertz CT molecular complexity index is 3980. The number of fused-ring (bicyclic) bond motifs is 6. The van der Waals surface area contributed by atoms with Crippen molar-refractivity contribution in [2.75, 3.05) is 0 Å². The molecule has 9 aromatic carbocycles. The van der Waals surface area contributed by atoms with E-state index in [2.05, 4.69) is 84.9 Å². The zero-order valence-electron chi connectivity index (χ0n) is 39.9. The van der Waals surface area contributed by atoms with E-state index in [4.69, 9.17) is 19.9 Å². The molecule has 0 saturated carbocycles. The first kappa shape index (κ1) is 45.0. The minimum Gasteiger partial charge on any atom is -0.309 e. The summed E-state index contributed by atoms with van der Waals surface area (Å²) in [6, 6.07) is 88.3. The van der Waals surface area contributed by atoms with Crippen LogP contribution in [0.25, 0.3) is 88.6 Å². The van der Waals surface area contributed by atoms with Crippen molar-refractivity contribution in [1.82, 2.24) is 19.9 Å². The summed E-state index contributed by atoms with van der Waals surface area (Å²) in [5.41, 5.74) is 10.3. The minimum absolute atomic E-state index is 0.771. The van der Waals surface area contributed by atoms with Gasteiger partial charge in [0.25, 0.3) is 0 Å². The van der Waals surface area contributed by atoms with Crippen molar-refractivity contribution in [2.24, 2.45) is 0 Å². The molecule has 0 atom stereocenters. The van der Waals surface area contributed by atoms with Crippen LogP contribution in [0.5, 0.6) is 0 Å². The summed E-state index contributed by atoms with van der Waals surface area (Å²) in [6.45, 7) is 0. The fourth-order valence-corrected chi connectivity index (χ4v) is 15.4. The van der Waals surface area contributed by atoms with Gasteiger partial charge in [0, 0.05) is 75.6 Å². The highest BCUT2D eigenvalue weighted by molar-refractivity contribution is 7.85. The molecule has 0 bridgehead atoms. The summed E-state index contributed by atoms with van der Waals surface area (Å²) in [7, 11) is -6.23. The van der Waals surface area contributed by atoms with Crippen LogP contribution in [-0.2, 0) is 9.13 Å². The van der Waals surface area contributed by atoms with E-state index in [1.807, 2.05) is 182 Å². The largest absolute Gasteiger partial charge is 0.309 e. The summed E-state index contributed by atoms with van der Waals surface area (Å²) >= 11 is 0. The highest BCUT2D eigenvalue weighted by atomic mass is 31.2. The maximum Gasteiger partial charge on any atom is 0.171 e. The molecule has 0 spiro atoms. The Hall–Kier alpha value is -8.92. The minimum atomic E-state index is -3.12. The predicted molar refractivity (Wildman–Crippen MR) is 308 cm³/mol. The van der Waals surface area contributed by atoms with E-state index < -0.39 is 14.3 Å². The monoisotopic (exact) mass is 986 g/mol. The lowest BCUT2D eigenvalue weighted by Gasteiger charge is -2.20. The van der Waals surface area contributed by atoms with Crippen LogP contribution in [0.1, 0.15) is 0 Å². The number of aromatic nitrogens is 4. The molecule has 13 rings (SSSR count). The smallest absolute Gasteiger partial charge is 0.171 e. The molecule has 0 fully saturated rings. The van der Waals surface area contributed by atoms with Gasteiger partial charge in [-0.05, 0) is 30.3 Å². The number of pyridine rings is 4. The molecular weight excluding hydrogens is 943 g/mol. The molecule has 13 aromatic rings. The Kier molecular flexibility index (Phi) is 11.3.